The number of pyridine rings is 2. The van der Waals surface area contributed by atoms with E-state index >= 15 is 0 Å². The molecule has 162 valence electrons. The molecule has 8 heteroatoms. The summed E-state index contributed by atoms with van der Waals surface area (Å²) in [5.74, 6) is 0.243. The van der Waals surface area contributed by atoms with Crippen LogP contribution in [0.2, 0.25) is 0 Å². The predicted molar refractivity (Wildman–Crippen MR) is 122 cm³/mol. The number of urea groups is 1. The number of rotatable bonds is 6. The van der Waals surface area contributed by atoms with Crippen LogP contribution in [0.4, 0.5) is 4.79 Å². The highest BCUT2D eigenvalue weighted by atomic mass is 35.5. The van der Waals surface area contributed by atoms with Gasteiger partial charge >= 0.3 is 6.03 Å². The molecule has 0 spiro atoms. The fourth-order valence-electron chi connectivity index (χ4n) is 3.33. The number of amides is 2. The number of hydrogen-bond acceptors (Lipinski definition) is 5. The number of ether oxygens (including phenoxy) is 1. The number of carbonyl (C=O) groups excluding carboxylic acids is 2. The van der Waals surface area contributed by atoms with Crippen LogP contribution < -0.4 is 10.1 Å². The average Bonchev–Trinajstić information content (AvgIpc) is 2.81. The third kappa shape index (κ3) is 4.95. The summed E-state index contributed by atoms with van der Waals surface area (Å²) < 4.78 is 5.91. The van der Waals surface area contributed by atoms with E-state index in [-0.39, 0.29) is 16.8 Å². The van der Waals surface area contributed by atoms with Crippen LogP contribution in [0.25, 0.3) is 10.8 Å². The van der Waals surface area contributed by atoms with E-state index in [0.29, 0.717) is 19.0 Å². The number of nitrogens with one attached hydrogen (secondary N) is 1. The monoisotopic (exact) mass is 448 g/mol. The van der Waals surface area contributed by atoms with E-state index in [1.807, 2.05) is 42.5 Å². The summed E-state index contributed by atoms with van der Waals surface area (Å²) in [5.41, 5.74) is 1.69. The molecule has 32 heavy (non-hydrogen) atoms. The van der Waals surface area contributed by atoms with Crippen LogP contribution in [0, 0.1) is 0 Å². The number of carbonyl (C=O) groups is 2. The molecule has 3 aromatic rings. The molecule has 0 saturated carbocycles. The van der Waals surface area contributed by atoms with Crippen LogP contribution in [0.1, 0.15) is 11.3 Å². The third-order valence-corrected chi connectivity index (χ3v) is 5.30. The van der Waals surface area contributed by atoms with E-state index < -0.39 is 6.04 Å². The number of aromatic nitrogens is 2. The van der Waals surface area contributed by atoms with Gasteiger partial charge in [0.25, 0.3) is 0 Å². The lowest BCUT2D eigenvalue weighted by Crippen LogP contribution is -2.42. The number of benzene rings is 1. The van der Waals surface area contributed by atoms with Gasteiger partial charge in [0.2, 0.25) is 5.88 Å². The Morgan fingerprint density at radius 3 is 2.69 bits per heavy atom. The lowest BCUT2D eigenvalue weighted by atomic mass is 10.1. The second-order valence-corrected chi connectivity index (χ2v) is 7.72. The van der Waals surface area contributed by atoms with Crippen molar-refractivity contribution < 1.29 is 14.3 Å². The van der Waals surface area contributed by atoms with Gasteiger partial charge in [0.05, 0.1) is 16.8 Å². The highest BCUT2D eigenvalue weighted by Crippen LogP contribution is 2.27. The van der Waals surface area contributed by atoms with Crippen molar-refractivity contribution >= 4 is 34.2 Å². The Labute approximate surface area is 190 Å². The van der Waals surface area contributed by atoms with Crippen molar-refractivity contribution in [2.45, 2.75) is 19.2 Å². The van der Waals surface area contributed by atoms with Gasteiger partial charge in [-0.1, -0.05) is 41.9 Å². The molecule has 0 bridgehead atoms. The zero-order valence-corrected chi connectivity index (χ0v) is 18.1. The summed E-state index contributed by atoms with van der Waals surface area (Å²) in [4.78, 5) is 34.4. The van der Waals surface area contributed by atoms with Gasteiger partial charge in [-0.15, -0.1) is 0 Å². The molecule has 0 saturated heterocycles. The van der Waals surface area contributed by atoms with E-state index in [0.717, 1.165) is 22.0 Å². The quantitative estimate of drug-likeness (QED) is 0.616. The number of ketones is 1. The van der Waals surface area contributed by atoms with Gasteiger partial charge in [-0.25, -0.2) is 9.78 Å². The Hall–Kier alpha value is -3.71. The maximum atomic E-state index is 12.6. The summed E-state index contributed by atoms with van der Waals surface area (Å²) >= 11 is 5.87. The topological polar surface area (TPSA) is 84.4 Å². The molecule has 2 aromatic heterocycles. The number of allylic oxidation sites excluding steroid dienone is 2. The molecule has 2 heterocycles. The fraction of sp³-hybridized carbons (Fsp3) is 0.167. The van der Waals surface area contributed by atoms with E-state index in [1.54, 1.807) is 30.4 Å². The van der Waals surface area contributed by atoms with E-state index in [4.69, 9.17) is 16.3 Å². The average molecular weight is 449 g/mol. The Balaban J connectivity index is 1.48. The van der Waals surface area contributed by atoms with Crippen molar-refractivity contribution in [3.05, 3.63) is 89.4 Å². The maximum Gasteiger partial charge on any atom is 0.318 e. The molecule has 0 fully saturated rings. The highest BCUT2D eigenvalue weighted by molar-refractivity contribution is 6.44. The van der Waals surface area contributed by atoms with Crippen LogP contribution in [0.3, 0.4) is 0 Å². The van der Waals surface area contributed by atoms with E-state index in [9.17, 15) is 9.59 Å². The second kappa shape index (κ2) is 9.62. The lowest BCUT2D eigenvalue weighted by Gasteiger charge is -2.22. The van der Waals surface area contributed by atoms with Crippen LogP contribution in [-0.2, 0) is 17.9 Å². The fourth-order valence-corrected chi connectivity index (χ4v) is 3.53. The number of hydrogen-bond donors (Lipinski definition) is 1. The summed E-state index contributed by atoms with van der Waals surface area (Å²) in [6.07, 6.45) is 7.91. The molecule has 7 nitrogen and oxygen atoms in total. The molecule has 4 rings (SSSR count). The van der Waals surface area contributed by atoms with Crippen LogP contribution in [-0.4, -0.2) is 39.8 Å². The largest absolute Gasteiger partial charge is 0.471 e. The molecule has 1 aliphatic carbocycles. The SMILES string of the molecule is CN(Cc1cnc(OCc2ccccn2)c2ccccc12)C(=O)N[C@@H]1C=CC(=O)C(Cl)=C1. The number of nitrogens with zero attached hydrogens (tertiary/aromatic N) is 3. The van der Waals surface area contributed by atoms with Gasteiger partial charge in [-0.3, -0.25) is 9.78 Å². The summed E-state index contributed by atoms with van der Waals surface area (Å²) in [6, 6.07) is 12.7. The van der Waals surface area contributed by atoms with Gasteiger partial charge in [0, 0.05) is 31.4 Å². The summed E-state index contributed by atoms with van der Waals surface area (Å²) in [5, 5.41) is 4.73. The molecular weight excluding hydrogens is 428 g/mol. The molecular formula is C24H21ClN4O3. The van der Waals surface area contributed by atoms with Gasteiger partial charge in [0.15, 0.2) is 5.78 Å². The van der Waals surface area contributed by atoms with Crippen molar-refractivity contribution in [3.8, 4) is 5.88 Å². The molecule has 2 amide bonds. The van der Waals surface area contributed by atoms with E-state index in [2.05, 4.69) is 15.3 Å². The van der Waals surface area contributed by atoms with E-state index in [1.165, 1.54) is 12.2 Å². The Kier molecular flexibility index (Phi) is 6.47. The summed E-state index contributed by atoms with van der Waals surface area (Å²) in [7, 11) is 1.69. The van der Waals surface area contributed by atoms with Crippen LogP contribution >= 0.6 is 11.6 Å². The Morgan fingerprint density at radius 2 is 1.94 bits per heavy atom. The van der Waals surface area contributed by atoms with Gasteiger partial charge in [-0.2, -0.15) is 0 Å². The minimum absolute atomic E-state index is 0.0944. The first-order chi connectivity index (χ1) is 15.5. The summed E-state index contributed by atoms with van der Waals surface area (Å²) in [6.45, 7) is 0.652. The first kappa shape index (κ1) is 21.5. The van der Waals surface area contributed by atoms with Crippen molar-refractivity contribution in [1.29, 1.82) is 0 Å². The molecule has 0 aliphatic heterocycles. The minimum atomic E-state index is -0.438. The van der Waals surface area contributed by atoms with Crippen molar-refractivity contribution in [2.75, 3.05) is 7.05 Å². The Morgan fingerprint density at radius 1 is 1.16 bits per heavy atom. The van der Waals surface area contributed by atoms with Gasteiger partial charge in [-0.05, 0) is 41.3 Å². The van der Waals surface area contributed by atoms with Crippen molar-refractivity contribution in [3.63, 3.8) is 0 Å². The maximum absolute atomic E-state index is 12.6. The van der Waals surface area contributed by atoms with Crippen LogP contribution in [0.5, 0.6) is 5.88 Å². The number of halogens is 1. The highest BCUT2D eigenvalue weighted by Gasteiger charge is 2.18. The zero-order chi connectivity index (χ0) is 22.5. The molecule has 0 unspecified atom stereocenters. The lowest BCUT2D eigenvalue weighted by molar-refractivity contribution is -0.110. The third-order valence-electron chi connectivity index (χ3n) is 4.98. The normalized spacial score (nSPS) is 15.4. The molecule has 1 aliphatic rings. The number of fused-ring (bicyclic) bond motifs is 1. The smallest absolute Gasteiger partial charge is 0.318 e. The van der Waals surface area contributed by atoms with Crippen molar-refractivity contribution in [2.24, 2.45) is 0 Å². The predicted octanol–water partition coefficient (Wildman–Crippen LogP) is 3.98. The second-order valence-electron chi connectivity index (χ2n) is 7.31. The first-order valence-electron chi connectivity index (χ1n) is 10.0. The molecule has 1 aromatic carbocycles. The standard InChI is InChI=1S/C24H21ClN4O3/c1-29(24(31)28-17-9-10-22(30)21(25)12-17)14-16-13-27-23(20-8-3-2-7-19(16)20)32-15-18-6-4-5-11-26-18/h2-13,17H,14-15H2,1H3,(H,28,31)/t17-/m1/s1. The molecule has 0 radical (unpaired) electrons. The molecule has 1 atom stereocenters. The first-order valence-corrected chi connectivity index (χ1v) is 10.4. The zero-order valence-electron chi connectivity index (χ0n) is 17.4. The van der Waals surface area contributed by atoms with Gasteiger partial charge in [0.1, 0.15) is 6.61 Å². The Bertz CT molecular complexity index is 1210. The molecule has 1 N–H and O–H groups in total. The minimum Gasteiger partial charge on any atom is -0.471 e. The van der Waals surface area contributed by atoms with Crippen molar-refractivity contribution in [1.82, 2.24) is 20.2 Å². The van der Waals surface area contributed by atoms with Crippen LogP contribution in [0.15, 0.2) is 78.1 Å². The van der Waals surface area contributed by atoms with Gasteiger partial charge < -0.3 is 15.0 Å².